The molecular weight excluding hydrogens is 518 g/mol. The van der Waals surface area contributed by atoms with E-state index in [1.165, 1.54) is 16.7 Å². The van der Waals surface area contributed by atoms with E-state index in [4.69, 9.17) is 23.8 Å². The Labute approximate surface area is 241 Å². The van der Waals surface area contributed by atoms with Crippen molar-refractivity contribution in [2.24, 2.45) is 0 Å². The van der Waals surface area contributed by atoms with Crippen LogP contribution in [0.2, 0.25) is 0 Å². The van der Waals surface area contributed by atoms with Gasteiger partial charge in [0.15, 0.2) is 17.5 Å². The summed E-state index contributed by atoms with van der Waals surface area (Å²) in [4.78, 5) is 15.3. The topological polar surface area (TPSA) is 65.0 Å². The van der Waals surface area contributed by atoms with E-state index in [1.54, 1.807) is 0 Å². The van der Waals surface area contributed by atoms with Crippen LogP contribution in [0.25, 0.3) is 67.3 Å². The van der Waals surface area contributed by atoms with Crippen LogP contribution in [0.5, 0.6) is 0 Å². The molecule has 0 aliphatic heterocycles. The molecule has 2 aliphatic rings. The highest BCUT2D eigenvalue weighted by Gasteiger charge is 2.25. The van der Waals surface area contributed by atoms with Crippen molar-refractivity contribution in [1.29, 1.82) is 0 Å². The number of benzene rings is 4. The lowest BCUT2D eigenvalue weighted by Gasteiger charge is -2.15. The zero-order valence-corrected chi connectivity index (χ0v) is 22.8. The van der Waals surface area contributed by atoms with Gasteiger partial charge in [0.2, 0.25) is 0 Å². The first-order valence-corrected chi connectivity index (χ1v) is 14.5. The predicted molar refractivity (Wildman–Crippen MR) is 167 cm³/mol. The Kier molecular flexibility index (Phi) is 5.08. The Bertz CT molecular complexity index is 2270. The molecule has 0 bridgehead atoms. The van der Waals surface area contributed by atoms with Crippen LogP contribution in [-0.2, 0) is 12.8 Å². The summed E-state index contributed by atoms with van der Waals surface area (Å²) in [6, 6.07) is 29.0. The zero-order valence-electron chi connectivity index (χ0n) is 22.8. The number of hydrogen-bond donors (Lipinski definition) is 0. The number of aryl methyl sites for hydroxylation is 2. The summed E-state index contributed by atoms with van der Waals surface area (Å²) in [7, 11) is 0. The molecule has 0 N–H and O–H groups in total. The first-order valence-electron chi connectivity index (χ1n) is 14.5. The van der Waals surface area contributed by atoms with Crippen molar-refractivity contribution >= 4 is 44.6 Å². The van der Waals surface area contributed by atoms with Crippen LogP contribution in [0.1, 0.15) is 41.1 Å². The van der Waals surface area contributed by atoms with Crippen LogP contribution >= 0.6 is 0 Å². The molecule has 200 valence electrons. The molecular formula is C37H25N3O2. The fourth-order valence-corrected chi connectivity index (χ4v) is 6.48. The molecule has 4 aromatic carbocycles. The lowest BCUT2D eigenvalue weighted by atomic mass is 9.94. The van der Waals surface area contributed by atoms with Crippen LogP contribution in [0, 0.1) is 0 Å². The summed E-state index contributed by atoms with van der Waals surface area (Å²) in [5.41, 5.74) is 9.14. The van der Waals surface area contributed by atoms with Gasteiger partial charge in [0.05, 0.1) is 5.57 Å². The summed E-state index contributed by atoms with van der Waals surface area (Å²) < 4.78 is 12.7. The molecule has 0 spiro atoms. The quantitative estimate of drug-likeness (QED) is 0.222. The number of fused-ring (bicyclic) bond motifs is 7. The van der Waals surface area contributed by atoms with Crippen molar-refractivity contribution in [3.63, 3.8) is 0 Å². The summed E-state index contributed by atoms with van der Waals surface area (Å²) in [5.74, 6) is 2.73. The van der Waals surface area contributed by atoms with Gasteiger partial charge in [-0.3, -0.25) is 0 Å². The standard InChI is InChI=1S/C37H25N3O2/c1-2-10-23-21-24(20-19-22(23)9-1)35-38-36(28-14-8-18-32-33(28)27-12-4-6-17-31(27)41-32)40-37(39-35)29-15-7-13-26-25-11-3-5-16-30(25)42-34(26)29/h2-6,8,10-12,14-21H,1,7,9,13H2. The SMILES string of the molecule is C1=Cc2cc(-c3nc(C4=CCCc5c4oc4ccccc54)nc(-c4cccc5oc6ccccc6c45)n3)ccc2CC1. The van der Waals surface area contributed by atoms with Crippen LogP contribution < -0.4 is 0 Å². The summed E-state index contributed by atoms with van der Waals surface area (Å²) >= 11 is 0. The molecule has 0 unspecified atom stereocenters. The number of rotatable bonds is 3. The van der Waals surface area contributed by atoms with Gasteiger partial charge < -0.3 is 8.83 Å². The second kappa shape index (κ2) is 9.11. The second-order valence-electron chi connectivity index (χ2n) is 11.0. The third-order valence-corrected chi connectivity index (χ3v) is 8.49. The Morgan fingerprint density at radius 3 is 2.33 bits per heavy atom. The van der Waals surface area contributed by atoms with Gasteiger partial charge in [-0.15, -0.1) is 0 Å². The Hall–Kier alpha value is -5.29. The minimum absolute atomic E-state index is 0.615. The summed E-state index contributed by atoms with van der Waals surface area (Å²) in [6.07, 6.45) is 10.6. The van der Waals surface area contributed by atoms with Crippen molar-refractivity contribution in [3.05, 3.63) is 125 Å². The van der Waals surface area contributed by atoms with E-state index in [9.17, 15) is 0 Å². The van der Waals surface area contributed by atoms with Gasteiger partial charge in [0.25, 0.3) is 0 Å². The van der Waals surface area contributed by atoms with Crippen molar-refractivity contribution in [1.82, 2.24) is 15.0 Å². The third-order valence-electron chi connectivity index (χ3n) is 8.49. The maximum atomic E-state index is 6.45. The molecule has 42 heavy (non-hydrogen) atoms. The lowest BCUT2D eigenvalue weighted by Crippen LogP contribution is -2.07. The number of para-hydroxylation sites is 2. The third kappa shape index (κ3) is 3.60. The van der Waals surface area contributed by atoms with Crippen LogP contribution in [0.4, 0.5) is 0 Å². The predicted octanol–water partition coefficient (Wildman–Crippen LogP) is 9.19. The van der Waals surface area contributed by atoms with Gasteiger partial charge in [-0.05, 0) is 61.1 Å². The van der Waals surface area contributed by atoms with Gasteiger partial charge >= 0.3 is 0 Å². The number of hydrogen-bond acceptors (Lipinski definition) is 5. The Morgan fingerprint density at radius 2 is 1.40 bits per heavy atom. The molecule has 0 fully saturated rings. The van der Waals surface area contributed by atoms with Crippen LogP contribution in [0.3, 0.4) is 0 Å². The highest BCUT2D eigenvalue weighted by molar-refractivity contribution is 6.11. The second-order valence-corrected chi connectivity index (χ2v) is 11.0. The number of aromatic nitrogens is 3. The molecule has 5 nitrogen and oxygen atoms in total. The molecule has 0 radical (unpaired) electrons. The highest BCUT2D eigenvalue weighted by atomic mass is 16.3. The molecule has 5 heteroatoms. The smallest absolute Gasteiger partial charge is 0.167 e. The van der Waals surface area contributed by atoms with Crippen molar-refractivity contribution < 1.29 is 8.83 Å². The summed E-state index contributed by atoms with van der Waals surface area (Å²) in [6.45, 7) is 0. The van der Waals surface area contributed by atoms with E-state index < -0.39 is 0 Å². The lowest BCUT2D eigenvalue weighted by molar-refractivity contribution is 0.590. The van der Waals surface area contributed by atoms with Gasteiger partial charge in [-0.25, -0.2) is 15.0 Å². The number of furan rings is 2. The molecule has 0 atom stereocenters. The maximum absolute atomic E-state index is 6.45. The maximum Gasteiger partial charge on any atom is 0.167 e. The van der Waals surface area contributed by atoms with Gasteiger partial charge in [0, 0.05) is 32.8 Å². The first kappa shape index (κ1) is 23.4. The fraction of sp³-hybridized carbons (Fsp3) is 0.108. The number of nitrogens with zero attached hydrogens (tertiary/aromatic N) is 3. The monoisotopic (exact) mass is 543 g/mol. The molecule has 3 aromatic heterocycles. The van der Waals surface area contributed by atoms with Crippen LogP contribution in [0.15, 0.2) is 106 Å². The largest absolute Gasteiger partial charge is 0.456 e. The molecule has 9 rings (SSSR count). The first-order chi connectivity index (χ1) is 20.8. The van der Waals surface area contributed by atoms with Crippen molar-refractivity contribution in [3.8, 4) is 22.8 Å². The molecule has 0 saturated carbocycles. The summed E-state index contributed by atoms with van der Waals surface area (Å²) in [5, 5.41) is 3.21. The zero-order chi connectivity index (χ0) is 27.6. The minimum atomic E-state index is 0.615. The molecule has 0 saturated heterocycles. The van der Waals surface area contributed by atoms with Crippen molar-refractivity contribution in [2.75, 3.05) is 0 Å². The molecule has 3 heterocycles. The van der Waals surface area contributed by atoms with Gasteiger partial charge in [0.1, 0.15) is 22.5 Å². The van der Waals surface area contributed by atoms with E-state index in [0.29, 0.717) is 17.5 Å². The van der Waals surface area contributed by atoms with Crippen LogP contribution in [-0.4, -0.2) is 15.0 Å². The van der Waals surface area contributed by atoms with E-state index in [0.717, 1.165) is 81.1 Å². The van der Waals surface area contributed by atoms with E-state index in [2.05, 4.69) is 60.7 Å². The van der Waals surface area contributed by atoms with E-state index in [1.807, 2.05) is 42.5 Å². The molecule has 2 aliphatic carbocycles. The fourth-order valence-electron chi connectivity index (χ4n) is 6.48. The normalized spacial score (nSPS) is 14.3. The number of allylic oxidation sites excluding steroid dienone is 2. The minimum Gasteiger partial charge on any atom is -0.456 e. The average molecular weight is 544 g/mol. The molecule has 0 amide bonds. The van der Waals surface area contributed by atoms with Gasteiger partial charge in [-0.1, -0.05) is 78.9 Å². The van der Waals surface area contributed by atoms with E-state index >= 15 is 0 Å². The average Bonchev–Trinajstić information content (AvgIpc) is 3.63. The van der Waals surface area contributed by atoms with Crippen molar-refractivity contribution in [2.45, 2.75) is 25.7 Å². The highest BCUT2D eigenvalue weighted by Crippen LogP contribution is 2.40. The Balaban J connectivity index is 1.30. The van der Waals surface area contributed by atoms with E-state index in [-0.39, 0.29) is 0 Å². The van der Waals surface area contributed by atoms with Gasteiger partial charge in [-0.2, -0.15) is 0 Å². The molecule has 7 aromatic rings. The Morgan fingerprint density at radius 1 is 0.619 bits per heavy atom.